The lowest BCUT2D eigenvalue weighted by molar-refractivity contribution is 0.120. The standard InChI is InChI=1S/C46H64O10Si3/c1-33-17-14-20-37(29-33)46(3,4)38-23-26-39(34(2)30-38)52-45(48)54-41-25-22-36(32-43(41)50-6)19-16-28-58(10,11)56-59(12,13)55-57(8,9)27-15-18-35-21-24-40(42(31-35)49-5)53-44(47)51-7/h14,17,20-26,29-32H,15-16,18-19,27-28H2,1-13H3. The molecule has 0 aliphatic carbocycles. The van der Waals surface area contributed by atoms with Crippen LogP contribution in [0, 0.1) is 13.8 Å². The normalized spacial score (nSPS) is 12.2. The zero-order chi connectivity index (χ0) is 43.6. The van der Waals surface area contributed by atoms with Crippen molar-refractivity contribution < 1.29 is 46.2 Å². The molecule has 0 saturated carbocycles. The number of rotatable bonds is 19. The minimum atomic E-state index is -2.41. The largest absolute Gasteiger partial charge is 0.519 e. The number of hydrogen-bond acceptors (Lipinski definition) is 10. The summed E-state index contributed by atoms with van der Waals surface area (Å²) in [5.74, 6) is 2.03. The lowest BCUT2D eigenvalue weighted by Gasteiger charge is -2.39. The average molecular weight is 861 g/mol. The van der Waals surface area contributed by atoms with Crippen LogP contribution in [0.25, 0.3) is 0 Å². The van der Waals surface area contributed by atoms with Gasteiger partial charge in [0.25, 0.3) is 0 Å². The highest BCUT2D eigenvalue weighted by Crippen LogP contribution is 2.36. The first-order chi connectivity index (χ1) is 27.7. The Labute approximate surface area is 354 Å². The van der Waals surface area contributed by atoms with Crippen LogP contribution in [0.4, 0.5) is 9.59 Å². The molecule has 0 amide bonds. The summed E-state index contributed by atoms with van der Waals surface area (Å²) < 4.78 is 45.9. The Kier molecular flexibility index (Phi) is 16.2. The van der Waals surface area contributed by atoms with E-state index in [-0.39, 0.29) is 5.41 Å². The molecular formula is C46H64O10Si3. The van der Waals surface area contributed by atoms with Crippen LogP contribution in [-0.2, 0) is 31.2 Å². The molecule has 4 rings (SSSR count). The molecule has 4 aromatic carbocycles. The van der Waals surface area contributed by atoms with Crippen LogP contribution in [0.1, 0.15) is 60.1 Å². The van der Waals surface area contributed by atoms with Crippen LogP contribution >= 0.6 is 0 Å². The molecule has 10 nitrogen and oxygen atoms in total. The zero-order valence-corrected chi connectivity index (χ0v) is 40.3. The lowest BCUT2D eigenvalue weighted by atomic mass is 9.77. The van der Waals surface area contributed by atoms with Gasteiger partial charge in [-0.05, 0) is 149 Å². The topological polar surface area (TPSA) is 108 Å². The first-order valence-corrected chi connectivity index (χ1v) is 29.3. The molecule has 0 saturated heterocycles. The molecule has 0 N–H and O–H groups in total. The quantitative estimate of drug-likeness (QED) is 0.0514. The van der Waals surface area contributed by atoms with Crippen molar-refractivity contribution in [3.8, 4) is 28.7 Å². The Morgan fingerprint density at radius 1 is 0.559 bits per heavy atom. The van der Waals surface area contributed by atoms with Crippen LogP contribution in [-0.4, -0.2) is 58.8 Å². The van der Waals surface area contributed by atoms with Crippen LogP contribution < -0.4 is 23.7 Å². The van der Waals surface area contributed by atoms with E-state index in [0.29, 0.717) is 28.7 Å². The van der Waals surface area contributed by atoms with Crippen LogP contribution in [0.5, 0.6) is 28.7 Å². The highest BCUT2D eigenvalue weighted by atomic mass is 28.5. The van der Waals surface area contributed by atoms with Crippen molar-refractivity contribution in [2.75, 3.05) is 21.3 Å². The van der Waals surface area contributed by atoms with Gasteiger partial charge < -0.3 is 36.7 Å². The van der Waals surface area contributed by atoms with Crippen LogP contribution in [0.3, 0.4) is 0 Å². The maximum Gasteiger partial charge on any atom is 0.519 e. The van der Waals surface area contributed by atoms with Gasteiger partial charge in [0.2, 0.25) is 0 Å². The molecule has 59 heavy (non-hydrogen) atoms. The molecule has 320 valence electrons. The SMILES string of the molecule is COC(=O)Oc1ccc(CCC[Si](C)(C)O[Si](C)(C)O[Si](C)(C)CCCc2ccc(OC(=O)Oc3ccc(C(C)(C)c4cccc(C)c4)cc3C)c(OC)c2)cc1OC. The number of methoxy groups -OCH3 is 3. The summed E-state index contributed by atoms with van der Waals surface area (Å²) in [4.78, 5) is 24.5. The van der Waals surface area contributed by atoms with E-state index < -0.39 is 37.5 Å². The van der Waals surface area contributed by atoms with Gasteiger partial charge in [-0.2, -0.15) is 0 Å². The summed E-state index contributed by atoms with van der Waals surface area (Å²) in [7, 11) is -2.11. The molecule has 0 unspecified atom stereocenters. The van der Waals surface area contributed by atoms with Crippen LogP contribution in [0.15, 0.2) is 78.9 Å². The summed E-state index contributed by atoms with van der Waals surface area (Å²) in [6, 6.07) is 27.6. The highest BCUT2D eigenvalue weighted by molar-refractivity contribution is 6.87. The summed E-state index contributed by atoms with van der Waals surface area (Å²) >= 11 is 0. The number of carbonyl (C=O) groups is 2. The fourth-order valence-electron chi connectivity index (χ4n) is 7.48. The zero-order valence-electron chi connectivity index (χ0n) is 37.3. The molecule has 0 radical (unpaired) electrons. The second-order valence-electron chi connectivity index (χ2n) is 17.3. The Morgan fingerprint density at radius 2 is 1.03 bits per heavy atom. The second kappa shape index (κ2) is 20.2. The van der Waals surface area contributed by atoms with Crippen molar-refractivity contribution in [2.24, 2.45) is 0 Å². The van der Waals surface area contributed by atoms with E-state index in [2.05, 4.69) is 95.1 Å². The van der Waals surface area contributed by atoms with Gasteiger partial charge in [-0.3, -0.25) is 0 Å². The number of carbonyl (C=O) groups excluding carboxylic acids is 2. The molecule has 0 aliphatic rings. The molecule has 0 atom stereocenters. The van der Waals surface area contributed by atoms with E-state index in [4.69, 9.17) is 31.9 Å². The number of aryl methyl sites for hydroxylation is 4. The number of benzene rings is 4. The van der Waals surface area contributed by atoms with Crippen molar-refractivity contribution in [1.82, 2.24) is 0 Å². The maximum atomic E-state index is 13.0. The Morgan fingerprint density at radius 3 is 1.51 bits per heavy atom. The third-order valence-corrected chi connectivity index (χ3v) is 21.8. The van der Waals surface area contributed by atoms with E-state index >= 15 is 0 Å². The van der Waals surface area contributed by atoms with Crippen molar-refractivity contribution in [3.05, 3.63) is 112 Å². The van der Waals surface area contributed by atoms with Gasteiger partial charge in [-0.15, -0.1) is 0 Å². The van der Waals surface area contributed by atoms with Gasteiger partial charge in [0, 0.05) is 5.41 Å². The van der Waals surface area contributed by atoms with Gasteiger partial charge in [0.05, 0.1) is 21.3 Å². The molecule has 0 spiro atoms. The second-order valence-corrected chi connectivity index (χ2v) is 29.8. The fourth-order valence-corrected chi connectivity index (χ4v) is 21.5. The minimum absolute atomic E-state index is 0.220. The maximum absolute atomic E-state index is 13.0. The summed E-state index contributed by atoms with van der Waals surface area (Å²) in [5.41, 5.74) is 6.36. The first kappa shape index (κ1) is 47.3. The molecule has 4 aromatic rings. The third kappa shape index (κ3) is 14.1. The summed E-state index contributed by atoms with van der Waals surface area (Å²) in [6.45, 7) is 21.8. The van der Waals surface area contributed by atoms with Gasteiger partial charge in [-0.25, -0.2) is 9.59 Å². The molecular weight excluding hydrogens is 797 g/mol. The van der Waals surface area contributed by atoms with E-state index in [9.17, 15) is 9.59 Å². The molecule has 0 fully saturated rings. The highest BCUT2D eigenvalue weighted by Gasteiger charge is 2.39. The van der Waals surface area contributed by atoms with Gasteiger partial charge in [0.1, 0.15) is 5.75 Å². The predicted molar refractivity (Wildman–Crippen MR) is 241 cm³/mol. The van der Waals surface area contributed by atoms with Gasteiger partial charge in [0.15, 0.2) is 39.6 Å². The van der Waals surface area contributed by atoms with Gasteiger partial charge >= 0.3 is 20.9 Å². The van der Waals surface area contributed by atoms with E-state index in [1.807, 2.05) is 43.3 Å². The fraction of sp³-hybridized carbons (Fsp3) is 0.435. The van der Waals surface area contributed by atoms with E-state index in [1.165, 1.54) is 18.2 Å². The Balaban J connectivity index is 1.26. The molecule has 0 bridgehead atoms. The summed E-state index contributed by atoms with van der Waals surface area (Å²) in [5, 5.41) is 0. The smallest absolute Gasteiger partial charge is 0.493 e. The lowest BCUT2D eigenvalue weighted by Crippen LogP contribution is -2.52. The molecule has 0 aromatic heterocycles. The summed E-state index contributed by atoms with van der Waals surface area (Å²) in [6.07, 6.45) is 1.97. The van der Waals surface area contributed by atoms with Crippen LogP contribution in [0.2, 0.25) is 51.4 Å². The number of ether oxygens (including phenoxy) is 6. The minimum Gasteiger partial charge on any atom is -0.493 e. The van der Waals surface area contributed by atoms with E-state index in [0.717, 1.165) is 60.0 Å². The average Bonchev–Trinajstić information content (AvgIpc) is 3.15. The monoisotopic (exact) mass is 860 g/mol. The predicted octanol–water partition coefficient (Wildman–Crippen LogP) is 12.1. The Hall–Kier alpha value is -4.41. The van der Waals surface area contributed by atoms with Crippen molar-refractivity contribution >= 4 is 37.5 Å². The van der Waals surface area contributed by atoms with E-state index in [1.54, 1.807) is 26.4 Å². The number of hydrogen-bond donors (Lipinski definition) is 0. The van der Waals surface area contributed by atoms with Crippen molar-refractivity contribution in [1.29, 1.82) is 0 Å². The molecule has 0 aliphatic heterocycles. The molecule has 13 heteroatoms. The van der Waals surface area contributed by atoms with Gasteiger partial charge in [-0.1, -0.05) is 67.9 Å². The third-order valence-electron chi connectivity index (χ3n) is 10.4. The van der Waals surface area contributed by atoms with Crippen molar-refractivity contribution in [3.63, 3.8) is 0 Å². The first-order valence-electron chi connectivity index (χ1n) is 20.2. The van der Waals surface area contributed by atoms with Crippen molar-refractivity contribution in [2.45, 2.75) is 110 Å². The molecule has 0 heterocycles. The Bertz CT molecular complexity index is 2060.